The molecule has 0 amide bonds. The van der Waals surface area contributed by atoms with Crippen LogP contribution in [0.5, 0.6) is 5.75 Å². The predicted molar refractivity (Wildman–Crippen MR) is 109 cm³/mol. The number of ether oxygens (including phenoxy) is 2. The van der Waals surface area contributed by atoms with Crippen molar-refractivity contribution >= 4 is 17.9 Å². The number of nitrogens with zero attached hydrogens (tertiary/aromatic N) is 3. The summed E-state index contributed by atoms with van der Waals surface area (Å²) in [5, 5.41) is 4.49. The fourth-order valence-corrected chi connectivity index (χ4v) is 2.91. The summed E-state index contributed by atoms with van der Waals surface area (Å²) in [4.78, 5) is 16.6. The number of carbonyl (C=O) groups excluding carboxylic acids is 1. The van der Waals surface area contributed by atoms with Crippen molar-refractivity contribution in [1.82, 2.24) is 9.78 Å². The number of benzene rings is 2. The van der Waals surface area contributed by atoms with Crippen molar-refractivity contribution in [2.75, 3.05) is 13.7 Å². The standard InChI is InChI=1S/C22H23N3O3/c1-5-28-22(26)21-15(2)24-25(16(21)3)19-10-8-18(9-11-19)23-14-17-6-12-20(27-4)13-7-17/h6-14H,5H2,1-4H3. The Kier molecular flexibility index (Phi) is 5.89. The van der Waals surface area contributed by atoms with Gasteiger partial charge in [-0.15, -0.1) is 0 Å². The van der Waals surface area contributed by atoms with E-state index in [1.807, 2.05) is 62.4 Å². The molecule has 0 saturated heterocycles. The monoisotopic (exact) mass is 377 g/mol. The molecule has 0 spiro atoms. The van der Waals surface area contributed by atoms with E-state index >= 15 is 0 Å². The van der Waals surface area contributed by atoms with E-state index in [1.54, 1.807) is 24.9 Å². The molecule has 6 nitrogen and oxygen atoms in total. The van der Waals surface area contributed by atoms with E-state index in [0.29, 0.717) is 17.9 Å². The molecule has 144 valence electrons. The predicted octanol–water partition coefficient (Wildman–Crippen LogP) is 4.43. The Balaban J connectivity index is 1.80. The molecule has 2 aromatic carbocycles. The highest BCUT2D eigenvalue weighted by Gasteiger charge is 2.20. The Morgan fingerprint density at radius 2 is 1.79 bits per heavy atom. The van der Waals surface area contributed by atoms with Gasteiger partial charge in [0.1, 0.15) is 11.3 Å². The Hall–Kier alpha value is -3.41. The van der Waals surface area contributed by atoms with E-state index < -0.39 is 0 Å². The molecule has 3 rings (SSSR count). The van der Waals surface area contributed by atoms with Crippen LogP contribution < -0.4 is 4.74 Å². The third-order valence-electron chi connectivity index (χ3n) is 4.34. The lowest BCUT2D eigenvalue weighted by molar-refractivity contribution is 0.0524. The number of aliphatic imine (C=N–C) groups is 1. The second kappa shape index (κ2) is 8.52. The first-order chi connectivity index (χ1) is 13.5. The van der Waals surface area contributed by atoms with Crippen molar-refractivity contribution in [2.45, 2.75) is 20.8 Å². The van der Waals surface area contributed by atoms with Gasteiger partial charge in [0.15, 0.2) is 0 Å². The fraction of sp³-hybridized carbons (Fsp3) is 0.227. The first-order valence-electron chi connectivity index (χ1n) is 9.05. The third-order valence-corrected chi connectivity index (χ3v) is 4.34. The number of hydrogen-bond donors (Lipinski definition) is 0. The van der Waals surface area contributed by atoms with Crippen LogP contribution in [-0.2, 0) is 4.74 Å². The maximum absolute atomic E-state index is 12.1. The maximum atomic E-state index is 12.1. The third kappa shape index (κ3) is 4.11. The number of aromatic nitrogens is 2. The van der Waals surface area contributed by atoms with Crippen LogP contribution in [0.3, 0.4) is 0 Å². The zero-order chi connectivity index (χ0) is 20.1. The Labute approximate surface area is 164 Å². The molecule has 0 N–H and O–H groups in total. The number of esters is 1. The molecular weight excluding hydrogens is 354 g/mol. The molecule has 0 radical (unpaired) electrons. The van der Waals surface area contributed by atoms with Crippen LogP contribution >= 0.6 is 0 Å². The lowest BCUT2D eigenvalue weighted by Crippen LogP contribution is -2.07. The summed E-state index contributed by atoms with van der Waals surface area (Å²) in [5.74, 6) is 0.470. The minimum absolute atomic E-state index is 0.337. The van der Waals surface area contributed by atoms with Gasteiger partial charge in [-0.25, -0.2) is 9.48 Å². The lowest BCUT2D eigenvalue weighted by atomic mass is 10.2. The molecular formula is C22H23N3O3. The van der Waals surface area contributed by atoms with Crippen molar-refractivity contribution in [3.05, 3.63) is 71.0 Å². The molecule has 0 aliphatic carbocycles. The molecule has 28 heavy (non-hydrogen) atoms. The quantitative estimate of drug-likeness (QED) is 0.471. The minimum Gasteiger partial charge on any atom is -0.497 e. The number of aryl methyl sites for hydroxylation is 1. The van der Waals surface area contributed by atoms with Crippen molar-refractivity contribution in [2.24, 2.45) is 4.99 Å². The summed E-state index contributed by atoms with van der Waals surface area (Å²) in [7, 11) is 1.64. The second-order valence-electron chi connectivity index (χ2n) is 6.23. The average Bonchev–Trinajstić information content (AvgIpc) is 3.01. The molecule has 6 heteroatoms. The number of carbonyl (C=O) groups is 1. The summed E-state index contributed by atoms with van der Waals surface area (Å²) < 4.78 is 12.0. The van der Waals surface area contributed by atoms with E-state index in [2.05, 4.69) is 10.1 Å². The molecule has 3 aromatic rings. The smallest absolute Gasteiger partial charge is 0.341 e. The molecule has 0 unspecified atom stereocenters. The van der Waals surface area contributed by atoms with Gasteiger partial charge < -0.3 is 9.47 Å². The Morgan fingerprint density at radius 1 is 1.11 bits per heavy atom. The summed E-state index contributed by atoms with van der Waals surface area (Å²) in [6, 6.07) is 15.4. The largest absolute Gasteiger partial charge is 0.497 e. The lowest BCUT2D eigenvalue weighted by Gasteiger charge is -2.06. The first-order valence-corrected chi connectivity index (χ1v) is 9.05. The van der Waals surface area contributed by atoms with Gasteiger partial charge in [0, 0.05) is 6.21 Å². The summed E-state index contributed by atoms with van der Waals surface area (Å²) >= 11 is 0. The van der Waals surface area contributed by atoms with Gasteiger partial charge in [-0.1, -0.05) is 0 Å². The highest BCUT2D eigenvalue weighted by atomic mass is 16.5. The van der Waals surface area contributed by atoms with Crippen LogP contribution in [0.4, 0.5) is 5.69 Å². The highest BCUT2D eigenvalue weighted by molar-refractivity contribution is 5.92. The van der Waals surface area contributed by atoms with Crippen LogP contribution in [-0.4, -0.2) is 35.7 Å². The van der Waals surface area contributed by atoms with Gasteiger partial charge in [-0.05, 0) is 74.9 Å². The van der Waals surface area contributed by atoms with Gasteiger partial charge in [-0.2, -0.15) is 5.10 Å². The number of hydrogen-bond acceptors (Lipinski definition) is 5. The van der Waals surface area contributed by atoms with Crippen LogP contribution in [0.1, 0.15) is 34.2 Å². The van der Waals surface area contributed by atoms with Crippen molar-refractivity contribution < 1.29 is 14.3 Å². The molecule has 0 atom stereocenters. The SMILES string of the molecule is CCOC(=O)c1c(C)nn(-c2ccc(N=Cc3ccc(OC)cc3)cc2)c1C. The van der Waals surface area contributed by atoms with Gasteiger partial charge in [-0.3, -0.25) is 4.99 Å². The van der Waals surface area contributed by atoms with Crippen molar-refractivity contribution in [3.63, 3.8) is 0 Å². The highest BCUT2D eigenvalue weighted by Crippen LogP contribution is 2.21. The zero-order valence-electron chi connectivity index (χ0n) is 16.5. The summed E-state index contributed by atoms with van der Waals surface area (Å²) in [5.41, 5.74) is 4.60. The Bertz CT molecular complexity index is 987. The Morgan fingerprint density at radius 3 is 2.39 bits per heavy atom. The number of methoxy groups -OCH3 is 1. The van der Waals surface area contributed by atoms with Crippen molar-refractivity contribution in [1.29, 1.82) is 0 Å². The average molecular weight is 377 g/mol. The molecule has 1 heterocycles. The molecule has 0 fully saturated rings. The topological polar surface area (TPSA) is 65.7 Å². The summed E-state index contributed by atoms with van der Waals surface area (Å²) in [6.45, 7) is 5.80. The fourth-order valence-electron chi connectivity index (χ4n) is 2.91. The maximum Gasteiger partial charge on any atom is 0.341 e. The molecule has 0 aliphatic heterocycles. The molecule has 0 aliphatic rings. The minimum atomic E-state index is -0.343. The van der Waals surface area contributed by atoms with E-state index in [1.165, 1.54) is 0 Å². The van der Waals surface area contributed by atoms with E-state index in [-0.39, 0.29) is 5.97 Å². The molecule has 0 bridgehead atoms. The normalized spacial score (nSPS) is 11.0. The van der Waals surface area contributed by atoms with Crippen LogP contribution in [0, 0.1) is 13.8 Å². The molecule has 0 saturated carbocycles. The van der Waals surface area contributed by atoms with Gasteiger partial charge in [0.25, 0.3) is 0 Å². The van der Waals surface area contributed by atoms with E-state index in [4.69, 9.17) is 9.47 Å². The van der Waals surface area contributed by atoms with Gasteiger partial charge >= 0.3 is 5.97 Å². The van der Waals surface area contributed by atoms with Crippen LogP contribution in [0.25, 0.3) is 5.69 Å². The van der Waals surface area contributed by atoms with Crippen LogP contribution in [0.2, 0.25) is 0 Å². The van der Waals surface area contributed by atoms with E-state index in [9.17, 15) is 4.79 Å². The number of rotatable bonds is 6. The van der Waals surface area contributed by atoms with Crippen molar-refractivity contribution in [3.8, 4) is 11.4 Å². The van der Waals surface area contributed by atoms with Crippen LogP contribution in [0.15, 0.2) is 53.5 Å². The van der Waals surface area contributed by atoms with E-state index in [0.717, 1.165) is 28.4 Å². The van der Waals surface area contributed by atoms with Gasteiger partial charge in [0.2, 0.25) is 0 Å². The summed E-state index contributed by atoms with van der Waals surface area (Å²) in [6.07, 6.45) is 1.80. The first kappa shape index (κ1) is 19.4. The second-order valence-corrected chi connectivity index (χ2v) is 6.23. The van der Waals surface area contributed by atoms with Gasteiger partial charge in [0.05, 0.1) is 36.5 Å². The zero-order valence-corrected chi connectivity index (χ0v) is 16.5. The molecule has 1 aromatic heterocycles.